The topological polar surface area (TPSA) is 22.1 Å². The number of aromatic nitrogens is 1. The molecule has 0 aliphatic carbocycles. The van der Waals surface area contributed by atoms with Crippen molar-refractivity contribution in [2.24, 2.45) is 0 Å². The van der Waals surface area contributed by atoms with Crippen LogP contribution in [-0.4, -0.2) is 11.6 Å². The first-order valence-corrected chi connectivity index (χ1v) is 10.2. The molecule has 33 heavy (non-hydrogen) atoms. The van der Waals surface area contributed by atoms with Crippen LogP contribution in [0.5, 0.6) is 5.75 Å². The van der Waals surface area contributed by atoms with Gasteiger partial charge in [-0.05, 0) is 47.0 Å². The SMILES string of the molecule is C=CCOc1ccc(-c2ccc(-c3ccc(-c4ccc(C=C)nc4)c(F)c3)cc2)c(F)c1F. The van der Waals surface area contributed by atoms with E-state index in [1.54, 1.807) is 60.8 Å². The predicted octanol–water partition coefficient (Wildman–Crippen LogP) is 7.71. The van der Waals surface area contributed by atoms with Crippen molar-refractivity contribution in [3.8, 4) is 39.1 Å². The molecule has 1 aromatic heterocycles. The van der Waals surface area contributed by atoms with Crippen molar-refractivity contribution < 1.29 is 17.9 Å². The van der Waals surface area contributed by atoms with E-state index in [0.29, 0.717) is 27.9 Å². The molecule has 0 saturated carbocycles. The standard InChI is InChI=1S/C28H20F3NO/c1-3-15-33-26-14-13-24(27(30)28(26)31)19-7-5-18(6-8-19)20-10-12-23(25(29)16-20)21-9-11-22(4-2)32-17-21/h3-14,16-17H,1-2,15H2. The van der Waals surface area contributed by atoms with Crippen molar-refractivity contribution in [3.05, 3.63) is 115 Å². The Morgan fingerprint density at radius 2 is 1.39 bits per heavy atom. The summed E-state index contributed by atoms with van der Waals surface area (Å²) in [5.41, 5.74) is 3.84. The molecule has 0 atom stereocenters. The first kappa shape index (κ1) is 22.1. The molecule has 5 heteroatoms. The van der Waals surface area contributed by atoms with Gasteiger partial charge in [0.1, 0.15) is 12.4 Å². The van der Waals surface area contributed by atoms with Crippen LogP contribution in [0.1, 0.15) is 5.69 Å². The second-order valence-corrected chi connectivity index (χ2v) is 7.29. The lowest BCUT2D eigenvalue weighted by molar-refractivity contribution is 0.333. The second kappa shape index (κ2) is 9.57. The van der Waals surface area contributed by atoms with Gasteiger partial charge in [0.2, 0.25) is 5.82 Å². The third-order valence-electron chi connectivity index (χ3n) is 5.21. The Kier molecular flexibility index (Phi) is 6.41. The van der Waals surface area contributed by atoms with Gasteiger partial charge in [-0.3, -0.25) is 4.98 Å². The third kappa shape index (κ3) is 4.58. The average molecular weight is 443 g/mol. The van der Waals surface area contributed by atoms with Gasteiger partial charge in [0.15, 0.2) is 11.6 Å². The van der Waals surface area contributed by atoms with E-state index in [1.165, 1.54) is 24.3 Å². The Morgan fingerprint density at radius 1 is 0.727 bits per heavy atom. The average Bonchev–Trinajstić information content (AvgIpc) is 2.85. The van der Waals surface area contributed by atoms with Gasteiger partial charge in [0, 0.05) is 22.9 Å². The zero-order valence-electron chi connectivity index (χ0n) is 17.7. The van der Waals surface area contributed by atoms with Crippen LogP contribution >= 0.6 is 0 Å². The lowest BCUT2D eigenvalue weighted by Crippen LogP contribution is -1.99. The molecule has 0 saturated heterocycles. The van der Waals surface area contributed by atoms with E-state index < -0.39 is 11.6 Å². The lowest BCUT2D eigenvalue weighted by Gasteiger charge is -2.11. The summed E-state index contributed by atoms with van der Waals surface area (Å²) in [6, 6.07) is 18.2. The molecule has 1 heterocycles. The van der Waals surface area contributed by atoms with E-state index >= 15 is 0 Å². The Labute approximate surface area is 190 Å². The molecule has 3 aromatic carbocycles. The van der Waals surface area contributed by atoms with E-state index in [0.717, 1.165) is 5.56 Å². The van der Waals surface area contributed by atoms with E-state index in [-0.39, 0.29) is 23.7 Å². The summed E-state index contributed by atoms with van der Waals surface area (Å²) >= 11 is 0. The van der Waals surface area contributed by atoms with Gasteiger partial charge in [0.25, 0.3) is 0 Å². The van der Waals surface area contributed by atoms with Gasteiger partial charge in [-0.1, -0.05) is 61.7 Å². The Balaban J connectivity index is 1.59. The van der Waals surface area contributed by atoms with Gasteiger partial charge in [-0.15, -0.1) is 0 Å². The number of pyridine rings is 1. The van der Waals surface area contributed by atoms with Crippen molar-refractivity contribution in [1.82, 2.24) is 4.98 Å². The molecule has 0 fully saturated rings. The molecule has 164 valence electrons. The molecule has 0 N–H and O–H groups in total. The molecular formula is C28H20F3NO. The molecule has 0 spiro atoms. The summed E-state index contributed by atoms with van der Waals surface area (Å²) in [6.07, 6.45) is 4.68. The first-order chi connectivity index (χ1) is 16.0. The smallest absolute Gasteiger partial charge is 0.201 e. The highest BCUT2D eigenvalue weighted by atomic mass is 19.2. The Bertz CT molecular complexity index is 1310. The predicted molar refractivity (Wildman–Crippen MR) is 126 cm³/mol. The van der Waals surface area contributed by atoms with Gasteiger partial charge >= 0.3 is 0 Å². The van der Waals surface area contributed by atoms with Crippen LogP contribution in [0.2, 0.25) is 0 Å². The van der Waals surface area contributed by atoms with Gasteiger partial charge in [-0.25, -0.2) is 8.78 Å². The number of benzene rings is 3. The molecule has 4 rings (SSSR count). The lowest BCUT2D eigenvalue weighted by atomic mass is 9.97. The van der Waals surface area contributed by atoms with E-state index in [4.69, 9.17) is 4.74 Å². The summed E-state index contributed by atoms with van der Waals surface area (Å²) in [5, 5.41) is 0. The highest BCUT2D eigenvalue weighted by Gasteiger charge is 2.16. The molecule has 0 radical (unpaired) electrons. The maximum absolute atomic E-state index is 14.8. The molecule has 0 bridgehead atoms. The van der Waals surface area contributed by atoms with Gasteiger partial charge in [-0.2, -0.15) is 4.39 Å². The first-order valence-electron chi connectivity index (χ1n) is 10.2. The van der Waals surface area contributed by atoms with Crippen molar-refractivity contribution in [2.45, 2.75) is 0 Å². The summed E-state index contributed by atoms with van der Waals surface area (Å²) in [5.74, 6) is -2.59. The van der Waals surface area contributed by atoms with Gasteiger partial charge < -0.3 is 4.74 Å². The van der Waals surface area contributed by atoms with Crippen LogP contribution in [0.3, 0.4) is 0 Å². The largest absolute Gasteiger partial charge is 0.486 e. The van der Waals surface area contributed by atoms with E-state index in [1.807, 2.05) is 0 Å². The minimum atomic E-state index is -1.05. The minimum Gasteiger partial charge on any atom is -0.486 e. The van der Waals surface area contributed by atoms with Crippen LogP contribution in [0.4, 0.5) is 13.2 Å². The molecule has 0 amide bonds. The van der Waals surface area contributed by atoms with Crippen molar-refractivity contribution in [1.29, 1.82) is 0 Å². The molecule has 4 aromatic rings. The highest BCUT2D eigenvalue weighted by Crippen LogP contribution is 2.32. The minimum absolute atomic E-state index is 0.0798. The van der Waals surface area contributed by atoms with Crippen LogP contribution in [0, 0.1) is 17.5 Å². The number of ether oxygens (including phenoxy) is 1. The monoisotopic (exact) mass is 443 g/mol. The Morgan fingerprint density at radius 3 is 2.03 bits per heavy atom. The van der Waals surface area contributed by atoms with E-state index in [2.05, 4.69) is 18.1 Å². The molecule has 2 nitrogen and oxygen atoms in total. The van der Waals surface area contributed by atoms with Crippen LogP contribution < -0.4 is 4.74 Å². The summed E-state index contributed by atoms with van der Waals surface area (Å²) < 4.78 is 48.8. The number of hydrogen-bond acceptors (Lipinski definition) is 2. The summed E-state index contributed by atoms with van der Waals surface area (Å²) in [7, 11) is 0. The number of nitrogens with zero attached hydrogens (tertiary/aromatic N) is 1. The quantitative estimate of drug-likeness (QED) is 0.273. The molecule has 0 unspecified atom stereocenters. The molecule has 0 aliphatic rings. The number of hydrogen-bond donors (Lipinski definition) is 0. The number of rotatable bonds is 7. The van der Waals surface area contributed by atoms with Crippen LogP contribution in [0.15, 0.2) is 92.2 Å². The maximum Gasteiger partial charge on any atom is 0.201 e. The number of halogens is 3. The normalized spacial score (nSPS) is 10.6. The maximum atomic E-state index is 14.8. The third-order valence-corrected chi connectivity index (χ3v) is 5.21. The van der Waals surface area contributed by atoms with Crippen molar-refractivity contribution in [2.75, 3.05) is 6.61 Å². The Hall–Kier alpha value is -4.12. The second-order valence-electron chi connectivity index (χ2n) is 7.29. The zero-order valence-corrected chi connectivity index (χ0v) is 17.7. The summed E-state index contributed by atoms with van der Waals surface area (Å²) in [6.45, 7) is 7.23. The van der Waals surface area contributed by atoms with Crippen LogP contribution in [0.25, 0.3) is 39.5 Å². The fourth-order valence-electron chi connectivity index (χ4n) is 3.47. The highest BCUT2D eigenvalue weighted by molar-refractivity contribution is 5.74. The summed E-state index contributed by atoms with van der Waals surface area (Å²) in [4.78, 5) is 4.21. The molecule has 0 aliphatic heterocycles. The fourth-order valence-corrected chi connectivity index (χ4v) is 3.47. The molecular weight excluding hydrogens is 423 g/mol. The fraction of sp³-hybridized carbons (Fsp3) is 0.0357. The van der Waals surface area contributed by atoms with Gasteiger partial charge in [0.05, 0.1) is 5.69 Å². The van der Waals surface area contributed by atoms with Crippen molar-refractivity contribution in [3.63, 3.8) is 0 Å². The zero-order chi connectivity index (χ0) is 23.4. The van der Waals surface area contributed by atoms with Crippen molar-refractivity contribution >= 4 is 6.08 Å². The van der Waals surface area contributed by atoms with E-state index in [9.17, 15) is 13.2 Å². The van der Waals surface area contributed by atoms with Crippen LogP contribution in [-0.2, 0) is 0 Å².